The van der Waals surface area contributed by atoms with Crippen LogP contribution in [-0.2, 0) is 0 Å². The maximum Gasteiger partial charge on any atom is 0.0831 e. The van der Waals surface area contributed by atoms with Crippen LogP contribution in [0.4, 0.5) is 0 Å². The summed E-state index contributed by atoms with van der Waals surface area (Å²) >= 11 is 1.95. The molecule has 0 rings (SSSR count). The molecule has 0 aliphatic heterocycles. The lowest BCUT2D eigenvalue weighted by molar-refractivity contribution is 1.43. The average Bonchev–Trinajstić information content (AvgIpc) is 1.87. The summed E-state index contributed by atoms with van der Waals surface area (Å²) < 4.78 is 3.84. The fraction of sp³-hybridized carbons (Fsp3) is 0.286. The maximum atomic E-state index is 3.84. The second-order valence-electron chi connectivity index (χ2n) is 1.80. The first-order valence-electron chi connectivity index (χ1n) is 2.66. The quantitative estimate of drug-likeness (QED) is 0.396. The van der Waals surface area contributed by atoms with Gasteiger partial charge in [0, 0.05) is 6.21 Å². The molecule has 0 unspecified atom stereocenters. The van der Waals surface area contributed by atoms with Gasteiger partial charge in [0.25, 0.3) is 0 Å². The van der Waals surface area contributed by atoms with Gasteiger partial charge in [-0.05, 0) is 25.0 Å². The fourth-order valence-electron chi connectivity index (χ4n) is 0.336. The highest BCUT2D eigenvalue weighted by Gasteiger charge is 1.85. The third-order valence-corrected chi connectivity index (χ3v) is 1.45. The zero-order valence-electron chi connectivity index (χ0n) is 5.69. The molecule has 0 N–H and O–H groups in total. The lowest BCUT2D eigenvalue weighted by Crippen LogP contribution is -1.79. The van der Waals surface area contributed by atoms with Gasteiger partial charge in [-0.1, -0.05) is 12.7 Å². The molecule has 0 aliphatic rings. The molecular weight excluding hydrogens is 225 g/mol. The van der Waals surface area contributed by atoms with Crippen LogP contribution in [0, 0.1) is 0 Å². The minimum atomic E-state index is 1.17. The number of nitrogens with zero attached hydrogens (tertiary/aromatic N) is 1. The van der Waals surface area contributed by atoms with Gasteiger partial charge in [0.15, 0.2) is 0 Å². The smallest absolute Gasteiger partial charge is 0.0831 e. The van der Waals surface area contributed by atoms with E-state index in [4.69, 9.17) is 0 Å². The zero-order chi connectivity index (χ0) is 7.28. The highest BCUT2D eigenvalue weighted by atomic mass is 127. The van der Waals surface area contributed by atoms with Gasteiger partial charge in [0.05, 0.1) is 22.9 Å². The van der Waals surface area contributed by atoms with E-state index in [0.717, 1.165) is 0 Å². The summed E-state index contributed by atoms with van der Waals surface area (Å²) in [5.41, 5.74) is 2.34. The Morgan fingerprint density at radius 3 is 2.33 bits per heavy atom. The molecule has 0 aromatic rings. The Balaban J connectivity index is 4.27. The van der Waals surface area contributed by atoms with Crippen LogP contribution in [0.5, 0.6) is 0 Å². The molecule has 0 radical (unpaired) electrons. The highest BCUT2D eigenvalue weighted by Crippen LogP contribution is 2.01. The second-order valence-corrected chi connectivity index (χ2v) is 2.35. The summed E-state index contributed by atoms with van der Waals surface area (Å²) in [5, 5.41) is 0. The first-order chi connectivity index (χ1) is 4.22. The Morgan fingerprint density at radius 2 is 2.00 bits per heavy atom. The van der Waals surface area contributed by atoms with Crippen LogP contribution in [0.1, 0.15) is 13.8 Å². The third kappa shape index (κ3) is 3.46. The molecule has 0 heterocycles. The number of allylic oxidation sites excluding steroid dienone is 3. The van der Waals surface area contributed by atoms with Gasteiger partial charge in [0.1, 0.15) is 0 Å². The summed E-state index contributed by atoms with van der Waals surface area (Å²) in [7, 11) is 0. The van der Waals surface area contributed by atoms with Crippen LogP contribution >= 0.6 is 22.9 Å². The Hall–Kier alpha value is -0.120. The summed E-state index contributed by atoms with van der Waals surface area (Å²) in [5.74, 6) is 0. The van der Waals surface area contributed by atoms with E-state index >= 15 is 0 Å². The van der Waals surface area contributed by atoms with E-state index in [1.807, 2.05) is 49.0 Å². The van der Waals surface area contributed by atoms with E-state index in [1.54, 1.807) is 0 Å². The lowest BCUT2D eigenvalue weighted by atomic mass is 10.2. The second kappa shape index (κ2) is 4.73. The molecule has 0 saturated carbocycles. The molecule has 0 spiro atoms. The largest absolute Gasteiger partial charge is 0.223 e. The summed E-state index contributed by atoms with van der Waals surface area (Å²) in [6.07, 6.45) is 3.64. The van der Waals surface area contributed by atoms with Crippen LogP contribution in [0.3, 0.4) is 0 Å². The van der Waals surface area contributed by atoms with E-state index in [0.29, 0.717) is 0 Å². The van der Waals surface area contributed by atoms with Crippen molar-refractivity contribution in [1.82, 2.24) is 0 Å². The first-order valence-corrected chi connectivity index (χ1v) is 3.63. The molecule has 9 heavy (non-hydrogen) atoms. The van der Waals surface area contributed by atoms with Crippen molar-refractivity contribution < 1.29 is 0 Å². The maximum absolute atomic E-state index is 3.84. The molecule has 0 atom stereocenters. The van der Waals surface area contributed by atoms with E-state index < -0.39 is 0 Å². The van der Waals surface area contributed by atoms with Gasteiger partial charge >= 0.3 is 0 Å². The fourth-order valence-corrected chi connectivity index (χ4v) is 0.754. The van der Waals surface area contributed by atoms with Crippen LogP contribution in [0.15, 0.2) is 27.0 Å². The van der Waals surface area contributed by atoms with Gasteiger partial charge in [-0.25, -0.2) is 3.21 Å². The van der Waals surface area contributed by atoms with Crippen LogP contribution in [0.2, 0.25) is 0 Å². The van der Waals surface area contributed by atoms with Gasteiger partial charge < -0.3 is 0 Å². The van der Waals surface area contributed by atoms with E-state index in [1.165, 1.54) is 11.1 Å². The topological polar surface area (TPSA) is 12.4 Å². The Morgan fingerprint density at radius 1 is 1.44 bits per heavy atom. The average molecular weight is 235 g/mol. The van der Waals surface area contributed by atoms with Crippen molar-refractivity contribution in [2.45, 2.75) is 13.8 Å². The third-order valence-electron chi connectivity index (χ3n) is 1.17. The SMILES string of the molecule is C=C/C(C)=C(/C)C=NI. The monoisotopic (exact) mass is 235 g/mol. The lowest BCUT2D eigenvalue weighted by Gasteiger charge is -1.92. The predicted octanol–water partition coefficient (Wildman–Crippen LogP) is 2.93. The molecule has 0 aliphatic carbocycles. The number of hydrogen-bond acceptors (Lipinski definition) is 1. The Labute approximate surface area is 70.1 Å². The number of rotatable bonds is 2. The molecule has 0 amide bonds. The summed E-state index contributed by atoms with van der Waals surface area (Å²) in [6.45, 7) is 7.67. The van der Waals surface area contributed by atoms with Gasteiger partial charge in [0.2, 0.25) is 0 Å². The molecule has 0 aromatic carbocycles. The Kier molecular flexibility index (Phi) is 4.67. The van der Waals surface area contributed by atoms with Crippen molar-refractivity contribution in [3.05, 3.63) is 23.8 Å². The minimum absolute atomic E-state index is 1.17. The van der Waals surface area contributed by atoms with Crippen molar-refractivity contribution >= 4 is 29.1 Å². The molecule has 1 nitrogen and oxygen atoms in total. The van der Waals surface area contributed by atoms with Crippen molar-refractivity contribution in [2.75, 3.05) is 0 Å². The van der Waals surface area contributed by atoms with Crippen molar-refractivity contribution in [2.24, 2.45) is 3.21 Å². The molecular formula is C7H10IN. The molecule has 0 bridgehead atoms. The normalized spacial score (nSPS) is 13.7. The number of hydrogen-bond donors (Lipinski definition) is 0. The van der Waals surface area contributed by atoms with Crippen LogP contribution in [-0.4, -0.2) is 6.21 Å². The highest BCUT2D eigenvalue weighted by molar-refractivity contribution is 14.1. The molecule has 50 valence electrons. The summed E-state index contributed by atoms with van der Waals surface area (Å²) in [6, 6.07) is 0. The van der Waals surface area contributed by atoms with Crippen molar-refractivity contribution in [3.8, 4) is 0 Å². The molecule has 2 heteroatoms. The van der Waals surface area contributed by atoms with Crippen LogP contribution < -0.4 is 0 Å². The minimum Gasteiger partial charge on any atom is -0.223 e. The molecule has 0 saturated heterocycles. The summed E-state index contributed by atoms with van der Waals surface area (Å²) in [4.78, 5) is 0. The van der Waals surface area contributed by atoms with Crippen LogP contribution in [0.25, 0.3) is 0 Å². The molecule has 0 fully saturated rings. The van der Waals surface area contributed by atoms with Crippen molar-refractivity contribution in [3.63, 3.8) is 0 Å². The Bertz CT molecular complexity index is 156. The van der Waals surface area contributed by atoms with Gasteiger partial charge in [-0.15, -0.1) is 0 Å². The number of halogens is 1. The van der Waals surface area contributed by atoms with Gasteiger partial charge in [-0.2, -0.15) is 0 Å². The van der Waals surface area contributed by atoms with Gasteiger partial charge in [-0.3, -0.25) is 0 Å². The standard InChI is InChI=1S/C7H10IN/c1-4-6(2)7(3)5-9-8/h4-5H,1H2,2-3H3/b7-6-,9-5?. The van der Waals surface area contributed by atoms with E-state index in [9.17, 15) is 0 Å². The molecule has 0 aromatic heterocycles. The van der Waals surface area contributed by atoms with E-state index in [2.05, 4.69) is 9.78 Å². The predicted molar refractivity (Wildman–Crippen MR) is 51.1 cm³/mol. The first kappa shape index (κ1) is 8.88. The van der Waals surface area contributed by atoms with Crippen molar-refractivity contribution in [1.29, 1.82) is 0 Å². The van der Waals surface area contributed by atoms with E-state index in [-0.39, 0.29) is 0 Å². The zero-order valence-corrected chi connectivity index (χ0v) is 7.84.